The van der Waals surface area contributed by atoms with Crippen molar-refractivity contribution >= 4 is 43.7 Å². The monoisotopic (exact) mass is 390 g/mol. The zero-order chi connectivity index (χ0) is 14.6. The second-order valence-electron chi connectivity index (χ2n) is 4.23. The Labute approximate surface area is 130 Å². The summed E-state index contributed by atoms with van der Waals surface area (Å²) >= 11 is 6.71. The van der Waals surface area contributed by atoms with E-state index >= 15 is 0 Å². The van der Waals surface area contributed by atoms with Gasteiger partial charge in [-0.05, 0) is 41.1 Å². The maximum Gasteiger partial charge on any atom is 0.255 e. The normalized spacial score (nSPS) is 10.2. The summed E-state index contributed by atoms with van der Waals surface area (Å²) in [6, 6.07) is 5.35. The molecule has 0 bridgehead atoms. The molecule has 0 saturated carbocycles. The first-order valence-electron chi connectivity index (χ1n) is 5.81. The van der Waals surface area contributed by atoms with Crippen molar-refractivity contribution in [3.8, 4) is 0 Å². The number of nitrogens with zero attached hydrogens (tertiary/aromatic N) is 2. The van der Waals surface area contributed by atoms with Gasteiger partial charge in [-0.1, -0.05) is 15.9 Å². The van der Waals surface area contributed by atoms with Crippen LogP contribution in [0.3, 0.4) is 0 Å². The molecule has 0 saturated heterocycles. The summed E-state index contributed by atoms with van der Waals surface area (Å²) in [4.78, 5) is 27.1. The first-order valence-corrected chi connectivity index (χ1v) is 7.39. The minimum absolute atomic E-state index is 0.0881. The fourth-order valence-electron chi connectivity index (χ4n) is 1.47. The number of hydrogen-bond donors (Lipinski definition) is 0. The van der Waals surface area contributed by atoms with Gasteiger partial charge >= 0.3 is 0 Å². The Bertz CT molecular complexity index is 490. The molecule has 0 radical (unpaired) electrons. The van der Waals surface area contributed by atoms with E-state index in [4.69, 9.17) is 0 Å². The van der Waals surface area contributed by atoms with Crippen LogP contribution in [0.25, 0.3) is 0 Å². The second-order valence-corrected chi connectivity index (χ2v) is 6.00. The Morgan fingerprint density at radius 3 is 2.32 bits per heavy atom. The Morgan fingerprint density at radius 1 is 1.21 bits per heavy atom. The van der Waals surface area contributed by atoms with Crippen molar-refractivity contribution in [2.75, 3.05) is 27.2 Å². The summed E-state index contributed by atoms with van der Waals surface area (Å²) in [6.07, 6.45) is 0. The van der Waals surface area contributed by atoms with Gasteiger partial charge in [0.1, 0.15) is 0 Å². The molecule has 0 fully saturated rings. The lowest BCUT2D eigenvalue weighted by Crippen LogP contribution is -2.40. The van der Waals surface area contributed by atoms with Crippen LogP contribution in [0.2, 0.25) is 0 Å². The number of hydrogen-bond acceptors (Lipinski definition) is 2. The second kappa shape index (κ2) is 7.05. The van der Waals surface area contributed by atoms with Crippen LogP contribution in [0, 0.1) is 0 Å². The highest BCUT2D eigenvalue weighted by Crippen LogP contribution is 2.23. The van der Waals surface area contributed by atoms with Crippen LogP contribution < -0.4 is 0 Å². The van der Waals surface area contributed by atoms with E-state index in [1.54, 1.807) is 26.2 Å². The number of likely N-dealkylation sites (N-methyl/N-ethyl adjacent to an activating group) is 2. The van der Waals surface area contributed by atoms with Gasteiger partial charge in [0.2, 0.25) is 5.91 Å². The molecule has 0 aliphatic rings. The third kappa shape index (κ3) is 4.31. The van der Waals surface area contributed by atoms with E-state index in [1.165, 1.54) is 9.80 Å². The topological polar surface area (TPSA) is 40.6 Å². The average molecular weight is 392 g/mol. The molecule has 0 heterocycles. The highest BCUT2D eigenvalue weighted by molar-refractivity contribution is 9.11. The maximum absolute atomic E-state index is 12.4. The lowest BCUT2D eigenvalue weighted by molar-refractivity contribution is -0.129. The highest BCUT2D eigenvalue weighted by atomic mass is 79.9. The van der Waals surface area contributed by atoms with E-state index in [0.717, 1.165) is 4.47 Å². The number of rotatable bonds is 4. The van der Waals surface area contributed by atoms with Gasteiger partial charge in [-0.3, -0.25) is 9.59 Å². The molecule has 1 aromatic carbocycles. The van der Waals surface area contributed by atoms with Crippen LogP contribution in [0.1, 0.15) is 17.3 Å². The zero-order valence-corrected chi connectivity index (χ0v) is 14.3. The molecule has 4 nitrogen and oxygen atoms in total. The number of halogens is 2. The Balaban J connectivity index is 2.92. The summed E-state index contributed by atoms with van der Waals surface area (Å²) in [5.74, 6) is -0.250. The summed E-state index contributed by atoms with van der Waals surface area (Å²) in [5, 5.41) is 0. The van der Waals surface area contributed by atoms with Crippen LogP contribution >= 0.6 is 31.9 Å². The van der Waals surface area contributed by atoms with Gasteiger partial charge in [0.05, 0.1) is 12.1 Å². The Kier molecular flexibility index (Phi) is 6.00. The fourth-order valence-corrected chi connectivity index (χ4v) is 2.68. The smallest absolute Gasteiger partial charge is 0.255 e. The third-order valence-corrected chi connectivity index (χ3v) is 3.80. The molecule has 104 valence electrons. The Morgan fingerprint density at radius 2 is 1.84 bits per heavy atom. The first kappa shape index (κ1) is 16.2. The number of carbonyl (C=O) groups is 2. The van der Waals surface area contributed by atoms with Crippen molar-refractivity contribution < 1.29 is 9.59 Å². The van der Waals surface area contributed by atoms with Gasteiger partial charge in [-0.2, -0.15) is 0 Å². The van der Waals surface area contributed by atoms with Gasteiger partial charge in [0, 0.05) is 29.6 Å². The van der Waals surface area contributed by atoms with Gasteiger partial charge in [0.15, 0.2) is 0 Å². The summed E-state index contributed by atoms with van der Waals surface area (Å²) in [7, 11) is 3.35. The quantitative estimate of drug-likeness (QED) is 0.791. The standard InChI is InChI=1S/C13H16Br2N2O2/c1-4-17(8-12(18)16(2)3)13(19)10-6-5-9(14)7-11(10)15/h5-7H,4,8H2,1-3H3. The van der Waals surface area contributed by atoms with Gasteiger partial charge < -0.3 is 9.80 Å². The predicted octanol–water partition coefficient (Wildman–Crippen LogP) is 2.76. The van der Waals surface area contributed by atoms with Crippen molar-refractivity contribution in [2.24, 2.45) is 0 Å². The lowest BCUT2D eigenvalue weighted by Gasteiger charge is -2.22. The minimum atomic E-state index is -0.155. The van der Waals surface area contributed by atoms with Crippen LogP contribution in [0.4, 0.5) is 0 Å². The van der Waals surface area contributed by atoms with E-state index < -0.39 is 0 Å². The summed E-state index contributed by atoms with van der Waals surface area (Å²) in [5.41, 5.74) is 0.552. The molecule has 0 aromatic heterocycles. The number of amides is 2. The molecule has 0 aliphatic heterocycles. The predicted molar refractivity (Wildman–Crippen MR) is 82.1 cm³/mol. The largest absolute Gasteiger partial charge is 0.347 e. The van der Waals surface area contributed by atoms with E-state index in [9.17, 15) is 9.59 Å². The molecule has 1 aromatic rings. The van der Waals surface area contributed by atoms with Crippen molar-refractivity contribution in [1.82, 2.24) is 9.80 Å². The molecule has 0 N–H and O–H groups in total. The van der Waals surface area contributed by atoms with E-state index in [1.807, 2.05) is 13.0 Å². The van der Waals surface area contributed by atoms with Crippen molar-refractivity contribution in [3.05, 3.63) is 32.7 Å². The van der Waals surface area contributed by atoms with Crippen LogP contribution in [-0.4, -0.2) is 48.8 Å². The molecule has 2 amide bonds. The van der Waals surface area contributed by atoms with Gasteiger partial charge in [-0.25, -0.2) is 0 Å². The van der Waals surface area contributed by atoms with Crippen LogP contribution in [0.15, 0.2) is 27.1 Å². The van der Waals surface area contributed by atoms with E-state index in [-0.39, 0.29) is 18.4 Å². The van der Waals surface area contributed by atoms with Crippen molar-refractivity contribution in [2.45, 2.75) is 6.92 Å². The molecular formula is C13H16Br2N2O2. The zero-order valence-electron chi connectivity index (χ0n) is 11.1. The Hall–Kier alpha value is -0.880. The summed E-state index contributed by atoms with van der Waals surface area (Å²) in [6.45, 7) is 2.43. The van der Waals surface area contributed by atoms with Crippen LogP contribution in [0.5, 0.6) is 0 Å². The first-order chi connectivity index (χ1) is 8.86. The van der Waals surface area contributed by atoms with E-state index in [2.05, 4.69) is 31.9 Å². The molecule has 0 spiro atoms. The van der Waals surface area contributed by atoms with Gasteiger partial charge in [-0.15, -0.1) is 0 Å². The van der Waals surface area contributed by atoms with E-state index in [0.29, 0.717) is 16.6 Å². The third-order valence-electron chi connectivity index (χ3n) is 2.66. The molecule has 0 atom stereocenters. The van der Waals surface area contributed by atoms with Crippen molar-refractivity contribution in [3.63, 3.8) is 0 Å². The SMILES string of the molecule is CCN(CC(=O)N(C)C)C(=O)c1ccc(Br)cc1Br. The lowest BCUT2D eigenvalue weighted by atomic mass is 10.2. The molecule has 19 heavy (non-hydrogen) atoms. The molecular weight excluding hydrogens is 376 g/mol. The molecule has 1 rings (SSSR count). The van der Waals surface area contributed by atoms with Crippen molar-refractivity contribution in [1.29, 1.82) is 0 Å². The number of carbonyl (C=O) groups excluding carboxylic acids is 2. The maximum atomic E-state index is 12.4. The highest BCUT2D eigenvalue weighted by Gasteiger charge is 2.20. The molecule has 0 unspecified atom stereocenters. The minimum Gasteiger partial charge on any atom is -0.347 e. The van der Waals surface area contributed by atoms with Gasteiger partial charge in [0.25, 0.3) is 5.91 Å². The number of benzene rings is 1. The molecule has 0 aliphatic carbocycles. The van der Waals surface area contributed by atoms with Crippen LogP contribution in [-0.2, 0) is 4.79 Å². The average Bonchev–Trinajstić information content (AvgIpc) is 2.34. The molecule has 6 heteroatoms. The summed E-state index contributed by atoms with van der Waals surface area (Å²) < 4.78 is 1.60. The fraction of sp³-hybridized carbons (Fsp3) is 0.385.